The van der Waals surface area contributed by atoms with Crippen LogP contribution in [0.3, 0.4) is 0 Å². The van der Waals surface area contributed by atoms with Crippen molar-refractivity contribution in [2.45, 2.75) is 63.2 Å². The molecule has 2 aliphatic rings. The minimum Gasteiger partial charge on any atom is -0.322 e. The number of hydrazine groups is 1. The Morgan fingerprint density at radius 1 is 1.32 bits per heavy atom. The summed E-state index contributed by atoms with van der Waals surface area (Å²) in [5.74, 6) is 0.126. The van der Waals surface area contributed by atoms with E-state index in [1.165, 1.54) is 11.8 Å². The van der Waals surface area contributed by atoms with Crippen molar-refractivity contribution < 1.29 is 14.4 Å². The van der Waals surface area contributed by atoms with Crippen LogP contribution in [0.4, 0.5) is 4.79 Å². The van der Waals surface area contributed by atoms with E-state index in [9.17, 15) is 14.4 Å². The van der Waals surface area contributed by atoms with Gasteiger partial charge in [-0.05, 0) is 26.2 Å². The van der Waals surface area contributed by atoms with E-state index in [0.29, 0.717) is 11.6 Å². The molecule has 1 aromatic heterocycles. The van der Waals surface area contributed by atoms with E-state index < -0.39 is 23.4 Å². The number of nitrogens with one attached hydrogen (secondary N) is 2. The summed E-state index contributed by atoms with van der Waals surface area (Å²) in [5, 5.41) is 12.4. The van der Waals surface area contributed by atoms with Crippen molar-refractivity contribution in [3.05, 3.63) is 5.82 Å². The first-order valence-corrected chi connectivity index (χ1v) is 9.44. The first kappa shape index (κ1) is 17.7. The van der Waals surface area contributed by atoms with Crippen LogP contribution in [0.15, 0.2) is 5.16 Å². The Morgan fingerprint density at radius 3 is 2.84 bits per heavy atom. The second kappa shape index (κ2) is 7.03. The summed E-state index contributed by atoms with van der Waals surface area (Å²) in [7, 11) is 0. The number of amides is 4. The first-order valence-electron chi connectivity index (χ1n) is 8.45. The summed E-state index contributed by atoms with van der Waals surface area (Å²) in [6.45, 7) is 4.30. The number of imide groups is 1. The average Bonchev–Trinajstić information content (AvgIpc) is 2.95. The Morgan fingerprint density at radius 2 is 2.12 bits per heavy atom. The second-order valence-electron chi connectivity index (χ2n) is 6.44. The van der Waals surface area contributed by atoms with Crippen LogP contribution in [0.2, 0.25) is 0 Å². The molecule has 0 unspecified atom stereocenters. The van der Waals surface area contributed by atoms with Crippen molar-refractivity contribution in [1.82, 2.24) is 30.5 Å². The number of urea groups is 1. The maximum Gasteiger partial charge on any atom is 0.344 e. The molecule has 0 aromatic carbocycles. The Hall–Kier alpha value is -2.10. The molecule has 1 saturated heterocycles. The lowest BCUT2D eigenvalue weighted by atomic mass is 10.00. The van der Waals surface area contributed by atoms with Crippen LogP contribution >= 0.6 is 11.8 Å². The molecule has 2 N–H and O–H groups in total. The number of carbonyl (C=O) groups excluding carboxylic acids is 3. The quantitative estimate of drug-likeness (QED) is 0.591. The number of fused-ring (bicyclic) bond motifs is 1. The number of nitrogens with zero attached hydrogens (tertiary/aromatic N) is 4. The lowest BCUT2D eigenvalue weighted by Crippen LogP contribution is -2.49. The predicted molar refractivity (Wildman–Crippen MR) is 90.5 cm³/mol. The maximum atomic E-state index is 12.3. The van der Waals surface area contributed by atoms with Crippen LogP contribution in [0.25, 0.3) is 0 Å². The smallest absolute Gasteiger partial charge is 0.322 e. The second-order valence-corrected chi connectivity index (χ2v) is 7.38. The highest BCUT2D eigenvalue weighted by atomic mass is 32.2. The van der Waals surface area contributed by atoms with Gasteiger partial charge in [0.1, 0.15) is 11.4 Å². The summed E-state index contributed by atoms with van der Waals surface area (Å²) in [6.07, 6.45) is 4.69. The Labute approximate surface area is 149 Å². The molecule has 9 nitrogen and oxygen atoms in total. The fraction of sp³-hybridized carbons (Fsp3) is 0.667. The van der Waals surface area contributed by atoms with Crippen molar-refractivity contribution in [2.24, 2.45) is 0 Å². The molecule has 1 aromatic rings. The zero-order valence-corrected chi connectivity index (χ0v) is 15.2. The standard InChI is InChI=1S/C15H22N6O3S/c1-3-15(2)12(23)21(13(24)16-15)19-11(22)9-25-14-18-17-10-7-5-4-6-8-20(10)14/h3-9H2,1-2H3,(H,16,24)(H,19,22)/t15-/m0/s1. The lowest BCUT2D eigenvalue weighted by Gasteiger charge is -2.19. The molecular formula is C15H22N6O3S. The summed E-state index contributed by atoms with van der Waals surface area (Å²) in [5.41, 5.74) is 1.41. The molecular weight excluding hydrogens is 344 g/mol. The summed E-state index contributed by atoms with van der Waals surface area (Å²) in [6, 6.07) is -0.607. The van der Waals surface area contributed by atoms with Gasteiger partial charge in [0.2, 0.25) is 5.91 Å². The van der Waals surface area contributed by atoms with Gasteiger partial charge in [0, 0.05) is 13.0 Å². The zero-order valence-electron chi connectivity index (χ0n) is 14.4. The monoisotopic (exact) mass is 366 g/mol. The van der Waals surface area contributed by atoms with Crippen molar-refractivity contribution in [1.29, 1.82) is 0 Å². The van der Waals surface area contributed by atoms with Crippen LogP contribution in [-0.4, -0.2) is 48.9 Å². The summed E-state index contributed by atoms with van der Waals surface area (Å²) < 4.78 is 2.05. The normalized spacial score (nSPS) is 23.2. The average molecular weight is 366 g/mol. The van der Waals surface area contributed by atoms with Crippen molar-refractivity contribution in [2.75, 3.05) is 5.75 Å². The molecule has 3 heterocycles. The number of aryl methyl sites for hydroxylation is 1. The fourth-order valence-electron chi connectivity index (χ4n) is 2.88. The topological polar surface area (TPSA) is 109 Å². The van der Waals surface area contributed by atoms with Crippen LogP contribution in [0, 0.1) is 0 Å². The molecule has 1 fully saturated rings. The van der Waals surface area contributed by atoms with E-state index in [-0.39, 0.29) is 5.75 Å². The summed E-state index contributed by atoms with van der Waals surface area (Å²) in [4.78, 5) is 36.3. The third kappa shape index (κ3) is 3.48. The molecule has 10 heteroatoms. The first-order chi connectivity index (χ1) is 11.9. The fourth-order valence-corrected chi connectivity index (χ4v) is 3.65. The number of thioether (sulfide) groups is 1. The Kier molecular flexibility index (Phi) is 4.98. The van der Waals surface area contributed by atoms with Crippen LogP contribution in [0.5, 0.6) is 0 Å². The third-order valence-electron chi connectivity index (χ3n) is 4.61. The molecule has 3 rings (SSSR count). The molecule has 0 bridgehead atoms. The van der Waals surface area contributed by atoms with E-state index in [4.69, 9.17) is 0 Å². The molecule has 25 heavy (non-hydrogen) atoms. The number of aromatic nitrogens is 3. The number of hydrogen-bond acceptors (Lipinski definition) is 6. The molecule has 0 aliphatic carbocycles. The van der Waals surface area contributed by atoms with E-state index in [0.717, 1.165) is 43.1 Å². The van der Waals surface area contributed by atoms with Gasteiger partial charge in [-0.2, -0.15) is 5.01 Å². The van der Waals surface area contributed by atoms with Gasteiger partial charge < -0.3 is 9.88 Å². The minimum atomic E-state index is -0.970. The maximum absolute atomic E-state index is 12.3. The highest BCUT2D eigenvalue weighted by Gasteiger charge is 2.47. The molecule has 0 radical (unpaired) electrons. The molecule has 0 spiro atoms. The van der Waals surface area contributed by atoms with Gasteiger partial charge in [-0.15, -0.1) is 10.2 Å². The highest BCUT2D eigenvalue weighted by molar-refractivity contribution is 7.99. The molecule has 4 amide bonds. The van der Waals surface area contributed by atoms with Crippen molar-refractivity contribution in [3.8, 4) is 0 Å². The zero-order chi connectivity index (χ0) is 18.0. The van der Waals surface area contributed by atoms with Gasteiger partial charge in [0.25, 0.3) is 5.91 Å². The number of hydrogen-bond donors (Lipinski definition) is 2. The van der Waals surface area contributed by atoms with Gasteiger partial charge in [-0.1, -0.05) is 25.1 Å². The van der Waals surface area contributed by atoms with Gasteiger partial charge in [-0.3, -0.25) is 15.0 Å². The number of rotatable bonds is 5. The summed E-state index contributed by atoms with van der Waals surface area (Å²) >= 11 is 1.26. The molecule has 0 saturated carbocycles. The van der Waals surface area contributed by atoms with Crippen LogP contribution < -0.4 is 10.7 Å². The van der Waals surface area contributed by atoms with Gasteiger partial charge in [0.05, 0.1) is 5.75 Å². The largest absolute Gasteiger partial charge is 0.344 e. The molecule has 136 valence electrons. The van der Waals surface area contributed by atoms with Crippen LogP contribution in [0.1, 0.15) is 45.4 Å². The van der Waals surface area contributed by atoms with E-state index in [1.807, 2.05) is 4.57 Å². The van der Waals surface area contributed by atoms with Crippen LogP contribution in [-0.2, 0) is 22.6 Å². The lowest BCUT2D eigenvalue weighted by molar-refractivity contribution is -0.137. The highest BCUT2D eigenvalue weighted by Crippen LogP contribution is 2.22. The third-order valence-corrected chi connectivity index (χ3v) is 5.58. The van der Waals surface area contributed by atoms with E-state index in [2.05, 4.69) is 20.9 Å². The Bertz CT molecular complexity index is 705. The van der Waals surface area contributed by atoms with Crippen molar-refractivity contribution >= 4 is 29.6 Å². The van der Waals surface area contributed by atoms with Crippen molar-refractivity contribution in [3.63, 3.8) is 0 Å². The predicted octanol–water partition coefficient (Wildman–Crippen LogP) is 0.848. The molecule has 2 aliphatic heterocycles. The SMILES string of the molecule is CC[C@]1(C)NC(=O)N(NC(=O)CSc2nnc3n2CCCCC3)C1=O. The molecule has 1 atom stereocenters. The minimum absolute atomic E-state index is 0.0536. The van der Waals surface area contributed by atoms with Gasteiger partial charge >= 0.3 is 6.03 Å². The Balaban J connectivity index is 1.58. The van der Waals surface area contributed by atoms with Gasteiger partial charge in [0.15, 0.2) is 5.16 Å². The van der Waals surface area contributed by atoms with E-state index >= 15 is 0 Å². The van der Waals surface area contributed by atoms with Gasteiger partial charge in [-0.25, -0.2) is 4.79 Å². The van der Waals surface area contributed by atoms with E-state index in [1.54, 1.807) is 13.8 Å². The number of carbonyl (C=O) groups is 3.